The molecule has 2 N–H and O–H groups in total. The summed E-state index contributed by atoms with van der Waals surface area (Å²) < 4.78 is 86.1. The van der Waals surface area contributed by atoms with Crippen molar-refractivity contribution >= 4 is 41.7 Å². The minimum Gasteiger partial charge on any atom is -0.492 e. The highest BCUT2D eigenvalue weighted by Gasteiger charge is 2.47. The summed E-state index contributed by atoms with van der Waals surface area (Å²) >= 11 is 0. The van der Waals surface area contributed by atoms with Gasteiger partial charge in [0, 0.05) is 37.5 Å². The molecular formula is C38H44F2N4O7S2. The molecule has 0 atom stereocenters. The van der Waals surface area contributed by atoms with E-state index in [0.29, 0.717) is 30.0 Å². The summed E-state index contributed by atoms with van der Waals surface area (Å²) in [4.78, 5) is 25.6. The lowest BCUT2D eigenvalue weighted by atomic mass is 9.92. The highest BCUT2D eigenvalue weighted by atomic mass is 32.2. The molecule has 2 heterocycles. The Morgan fingerprint density at radius 3 is 1.57 bits per heavy atom. The fraction of sp³-hybridized carbons (Fsp3) is 0.368. The number of benzene rings is 3. The van der Waals surface area contributed by atoms with E-state index in [4.69, 9.17) is 4.74 Å². The van der Waals surface area contributed by atoms with Gasteiger partial charge in [0.05, 0.1) is 0 Å². The molecule has 284 valence electrons. The molecule has 0 bridgehead atoms. The van der Waals surface area contributed by atoms with E-state index in [1.807, 2.05) is 30.3 Å². The van der Waals surface area contributed by atoms with E-state index in [9.17, 15) is 35.2 Å². The van der Waals surface area contributed by atoms with Crippen LogP contribution in [0.3, 0.4) is 0 Å². The predicted molar refractivity (Wildman–Crippen MR) is 199 cm³/mol. The minimum atomic E-state index is -4.00. The number of rotatable bonds is 11. The molecule has 0 radical (unpaired) electrons. The molecule has 6 rings (SSSR count). The fourth-order valence-electron chi connectivity index (χ4n) is 6.41. The molecule has 0 saturated heterocycles. The van der Waals surface area contributed by atoms with Crippen molar-refractivity contribution < 1.29 is 39.9 Å². The van der Waals surface area contributed by atoms with Crippen LogP contribution in [-0.2, 0) is 29.6 Å². The van der Waals surface area contributed by atoms with Crippen molar-refractivity contribution in [2.45, 2.75) is 77.4 Å². The highest BCUT2D eigenvalue weighted by Crippen LogP contribution is 2.39. The number of ether oxygens (including phenoxy) is 1. The lowest BCUT2D eigenvalue weighted by molar-refractivity contribution is -0.124. The Balaban J connectivity index is 0.000000204. The lowest BCUT2D eigenvalue weighted by Gasteiger charge is -2.29. The van der Waals surface area contributed by atoms with Gasteiger partial charge < -0.3 is 15.4 Å². The molecule has 0 aromatic heterocycles. The summed E-state index contributed by atoms with van der Waals surface area (Å²) in [5.74, 6) is -3.14. The van der Waals surface area contributed by atoms with Gasteiger partial charge in [-0.05, 0) is 63.8 Å². The molecule has 1 aliphatic carbocycles. The predicted octanol–water partition coefficient (Wildman–Crippen LogP) is 5.71. The second-order valence-corrected chi connectivity index (χ2v) is 16.9. The van der Waals surface area contributed by atoms with Crippen LogP contribution in [0.4, 0.5) is 8.78 Å². The maximum atomic E-state index is 13.4. The number of carbonyl (C=O) groups excluding carboxylic acids is 2. The van der Waals surface area contributed by atoms with Crippen molar-refractivity contribution in [3.63, 3.8) is 0 Å². The van der Waals surface area contributed by atoms with Crippen LogP contribution < -0.4 is 15.4 Å². The molecule has 15 heteroatoms. The number of nitrogens with one attached hydrogen (secondary N) is 2. The quantitative estimate of drug-likeness (QED) is 0.235. The highest BCUT2D eigenvalue weighted by molar-refractivity contribution is 8.00. The van der Waals surface area contributed by atoms with Crippen molar-refractivity contribution in [1.29, 1.82) is 0 Å². The van der Waals surface area contributed by atoms with Crippen molar-refractivity contribution in [3.8, 4) is 5.75 Å². The van der Waals surface area contributed by atoms with E-state index in [-0.39, 0.29) is 52.9 Å². The van der Waals surface area contributed by atoms with E-state index in [1.54, 1.807) is 88.4 Å². The molecule has 3 aromatic rings. The van der Waals surface area contributed by atoms with Crippen LogP contribution in [0.1, 0.15) is 64.5 Å². The summed E-state index contributed by atoms with van der Waals surface area (Å²) in [6.45, 7) is 7.21. The maximum Gasteiger partial charge on any atom is 0.285 e. The van der Waals surface area contributed by atoms with E-state index in [1.165, 1.54) is 0 Å². The van der Waals surface area contributed by atoms with Crippen LogP contribution in [0.15, 0.2) is 102 Å². The van der Waals surface area contributed by atoms with Gasteiger partial charge in [-0.25, -0.2) is 34.2 Å². The smallest absolute Gasteiger partial charge is 0.285 e. The molecule has 53 heavy (non-hydrogen) atoms. The van der Waals surface area contributed by atoms with Crippen molar-refractivity contribution in [3.05, 3.63) is 114 Å². The molecule has 2 aliphatic heterocycles. The lowest BCUT2D eigenvalue weighted by Crippen LogP contribution is -2.42. The van der Waals surface area contributed by atoms with Gasteiger partial charge in [0.2, 0.25) is 5.92 Å². The Hall–Kier alpha value is -4.76. The zero-order valence-electron chi connectivity index (χ0n) is 30.0. The third-order valence-corrected chi connectivity index (χ3v) is 12.9. The van der Waals surface area contributed by atoms with Crippen molar-refractivity contribution in [1.82, 2.24) is 19.2 Å². The first-order valence-corrected chi connectivity index (χ1v) is 20.3. The maximum absolute atomic E-state index is 13.4. The van der Waals surface area contributed by atoms with Gasteiger partial charge in [0.25, 0.3) is 31.9 Å². The first-order chi connectivity index (χ1) is 25.1. The zero-order valence-corrected chi connectivity index (χ0v) is 31.6. The first kappa shape index (κ1) is 39.4. The average molecular weight is 771 g/mol. The van der Waals surface area contributed by atoms with Gasteiger partial charge in [-0.1, -0.05) is 78.9 Å². The topological polar surface area (TPSA) is 142 Å². The number of amides is 2. The first-order valence-electron chi connectivity index (χ1n) is 17.4. The summed E-state index contributed by atoms with van der Waals surface area (Å²) in [6.07, 6.45) is -0.165. The van der Waals surface area contributed by atoms with E-state index >= 15 is 0 Å². The number of hydrogen-bond acceptors (Lipinski definition) is 9. The minimum absolute atomic E-state index is 0.0138. The van der Waals surface area contributed by atoms with Crippen molar-refractivity contribution in [2.75, 3.05) is 13.2 Å². The van der Waals surface area contributed by atoms with Crippen LogP contribution in [0, 0.1) is 0 Å². The number of alkyl halides is 2. The summed E-state index contributed by atoms with van der Waals surface area (Å²) in [5, 5.41) is 5.95. The van der Waals surface area contributed by atoms with Crippen LogP contribution in [0.2, 0.25) is 0 Å². The molecule has 1 fully saturated rings. The number of hydrogen-bond donors (Lipinski definition) is 2. The molecule has 1 saturated carbocycles. The molecule has 2 amide bonds. The standard InChI is InChI=1S/C20H22N2O4S.C18H22F2N2O3S/c1-15(2)22-20(23)18(21-13-14-26-17-11-7-4-8-12-17)19(27(22,24)25)16-9-5-3-6-10-16;1-12(2)22-17(23)15(21-14-8-10-18(19,20)11-9-14)16(26(22,24)25)13-6-4-3-5-7-13/h3-12,15,21H,13-14H2,1-2H3;3-7,12,14,21H,8-11H2,1-2H3. The normalized spacial score (nSPS) is 19.5. The fourth-order valence-corrected chi connectivity index (χ4v) is 10.2. The van der Waals surface area contributed by atoms with Gasteiger partial charge in [-0.2, -0.15) is 0 Å². The van der Waals surface area contributed by atoms with Gasteiger partial charge in [0.15, 0.2) is 0 Å². The second-order valence-electron chi connectivity index (χ2n) is 13.4. The summed E-state index contributed by atoms with van der Waals surface area (Å²) in [5.41, 5.74) is 0.972. The van der Waals surface area contributed by atoms with Gasteiger partial charge in [-0.3, -0.25) is 9.59 Å². The molecule has 0 unspecified atom stereocenters. The SMILES string of the molecule is CC(C)N1C(=O)C(NC2CCC(F)(F)CC2)=C(c2ccccc2)S1(=O)=O.CC(C)N1C(=O)C(NCCOc2ccccc2)=C(c2ccccc2)S1(=O)=O. The van der Waals surface area contributed by atoms with Gasteiger partial charge in [0.1, 0.15) is 33.6 Å². The van der Waals surface area contributed by atoms with E-state index < -0.39 is 49.9 Å². The number of para-hydroxylation sites is 1. The summed E-state index contributed by atoms with van der Waals surface area (Å²) in [7, 11) is -7.91. The molecule has 3 aromatic carbocycles. The third kappa shape index (κ3) is 8.57. The largest absolute Gasteiger partial charge is 0.492 e. The molecule has 0 spiro atoms. The Kier molecular flexibility index (Phi) is 12.0. The third-order valence-electron chi connectivity index (χ3n) is 8.81. The van der Waals surface area contributed by atoms with Gasteiger partial charge in [-0.15, -0.1) is 0 Å². The second kappa shape index (κ2) is 16.1. The Morgan fingerprint density at radius 2 is 1.11 bits per heavy atom. The van der Waals surface area contributed by atoms with Gasteiger partial charge >= 0.3 is 0 Å². The molecule has 11 nitrogen and oxygen atoms in total. The van der Waals surface area contributed by atoms with Crippen LogP contribution in [0.25, 0.3) is 9.81 Å². The average Bonchev–Trinajstić information content (AvgIpc) is 3.44. The Labute approximate surface area is 309 Å². The molecular weight excluding hydrogens is 727 g/mol. The summed E-state index contributed by atoms with van der Waals surface area (Å²) in [6, 6.07) is 25.0. The number of halogens is 2. The number of sulfonamides is 2. The van der Waals surface area contributed by atoms with Crippen molar-refractivity contribution in [2.24, 2.45) is 0 Å². The Bertz CT molecular complexity index is 2070. The van der Waals surface area contributed by atoms with Crippen LogP contribution in [-0.4, -0.2) is 74.5 Å². The Morgan fingerprint density at radius 1 is 0.698 bits per heavy atom. The monoisotopic (exact) mass is 770 g/mol. The number of nitrogens with zero attached hydrogens (tertiary/aromatic N) is 2. The number of carbonyl (C=O) groups is 2. The zero-order chi connectivity index (χ0) is 38.6. The van der Waals surface area contributed by atoms with Crippen LogP contribution >= 0.6 is 0 Å². The van der Waals surface area contributed by atoms with E-state index in [0.717, 1.165) is 8.61 Å². The molecule has 3 aliphatic rings. The van der Waals surface area contributed by atoms with Crippen LogP contribution in [0.5, 0.6) is 5.75 Å². The van der Waals surface area contributed by atoms with E-state index in [2.05, 4.69) is 10.6 Å².